The van der Waals surface area contributed by atoms with Crippen LogP contribution in [0.5, 0.6) is 5.75 Å². The Kier molecular flexibility index (Phi) is 2.94. The molecular formula is C8H6F2N2O2. The van der Waals surface area contributed by atoms with Gasteiger partial charge >= 0.3 is 0 Å². The minimum Gasteiger partial charge on any atom is -0.505 e. The maximum Gasteiger partial charge on any atom is 0.280 e. The number of aliphatic hydroxyl groups excluding tert-OH is 1. The first-order chi connectivity index (χ1) is 6.61. The lowest BCUT2D eigenvalue weighted by molar-refractivity contribution is 0.141. The molecule has 0 aliphatic heterocycles. The fraction of sp³-hybridized carbons (Fsp3) is 0.250. The molecule has 0 fully saturated rings. The molecule has 74 valence electrons. The zero-order chi connectivity index (χ0) is 10.7. The van der Waals surface area contributed by atoms with E-state index in [4.69, 9.17) is 15.5 Å². The van der Waals surface area contributed by atoms with Gasteiger partial charge in [0, 0.05) is 5.56 Å². The number of nitriles is 1. The lowest BCUT2D eigenvalue weighted by Crippen LogP contribution is -2.02. The molecule has 0 atom stereocenters. The molecule has 0 amide bonds. The number of hydrogen-bond acceptors (Lipinski definition) is 4. The summed E-state index contributed by atoms with van der Waals surface area (Å²) < 4.78 is 24.6. The van der Waals surface area contributed by atoms with E-state index in [-0.39, 0.29) is 11.1 Å². The highest BCUT2D eigenvalue weighted by molar-refractivity contribution is 5.48. The van der Waals surface area contributed by atoms with Gasteiger partial charge in [0.15, 0.2) is 5.75 Å². The molecule has 1 rings (SSSR count). The van der Waals surface area contributed by atoms with Crippen LogP contribution in [0, 0.1) is 11.3 Å². The van der Waals surface area contributed by atoms with Crippen LogP contribution >= 0.6 is 0 Å². The second-order valence-electron chi connectivity index (χ2n) is 2.45. The van der Waals surface area contributed by atoms with Crippen molar-refractivity contribution < 1.29 is 19.0 Å². The summed E-state index contributed by atoms with van der Waals surface area (Å²) in [6.07, 6.45) is -2.12. The quantitative estimate of drug-likeness (QED) is 0.749. The molecule has 0 saturated heterocycles. The second-order valence-corrected chi connectivity index (χ2v) is 2.45. The van der Waals surface area contributed by atoms with Crippen molar-refractivity contribution in [1.82, 2.24) is 4.98 Å². The topological polar surface area (TPSA) is 77.1 Å². The standard InChI is InChI=1S/C8H6F2N2O2/c9-8(10)7-5(3-13)4(1-11)6(14)2-12-7/h2,8,13-14H,3H2. The summed E-state index contributed by atoms with van der Waals surface area (Å²) in [5.74, 6) is -0.513. The number of halogens is 2. The molecule has 0 bridgehead atoms. The van der Waals surface area contributed by atoms with E-state index in [1.807, 2.05) is 0 Å². The molecule has 0 radical (unpaired) electrons. The van der Waals surface area contributed by atoms with Crippen molar-refractivity contribution in [2.45, 2.75) is 13.0 Å². The molecule has 0 aromatic carbocycles. The van der Waals surface area contributed by atoms with E-state index in [9.17, 15) is 8.78 Å². The Labute approximate surface area is 78.1 Å². The van der Waals surface area contributed by atoms with Crippen LogP contribution < -0.4 is 0 Å². The number of aliphatic hydroxyl groups is 1. The molecule has 0 unspecified atom stereocenters. The number of aromatic hydroxyl groups is 1. The summed E-state index contributed by atoms with van der Waals surface area (Å²) >= 11 is 0. The van der Waals surface area contributed by atoms with Crippen LogP contribution in [0.25, 0.3) is 0 Å². The number of pyridine rings is 1. The fourth-order valence-electron chi connectivity index (χ4n) is 1.03. The largest absolute Gasteiger partial charge is 0.505 e. The summed E-state index contributed by atoms with van der Waals surface area (Å²) in [4.78, 5) is 3.25. The Hall–Kier alpha value is -1.74. The summed E-state index contributed by atoms with van der Waals surface area (Å²) in [6.45, 7) is -0.760. The molecular weight excluding hydrogens is 194 g/mol. The van der Waals surface area contributed by atoms with Gasteiger partial charge < -0.3 is 10.2 Å². The highest BCUT2D eigenvalue weighted by atomic mass is 19.3. The van der Waals surface area contributed by atoms with Crippen LogP contribution in [0.3, 0.4) is 0 Å². The third-order valence-electron chi connectivity index (χ3n) is 1.67. The highest BCUT2D eigenvalue weighted by Gasteiger charge is 2.19. The fourth-order valence-corrected chi connectivity index (χ4v) is 1.03. The van der Waals surface area contributed by atoms with Gasteiger partial charge in [-0.05, 0) is 0 Å². The molecule has 4 nitrogen and oxygen atoms in total. The third kappa shape index (κ3) is 1.63. The Morgan fingerprint density at radius 2 is 2.21 bits per heavy atom. The molecule has 0 spiro atoms. The first-order valence-corrected chi connectivity index (χ1v) is 3.61. The van der Waals surface area contributed by atoms with E-state index in [0.29, 0.717) is 0 Å². The second kappa shape index (κ2) is 3.98. The van der Waals surface area contributed by atoms with Crippen LogP contribution in [0.2, 0.25) is 0 Å². The molecule has 1 heterocycles. The SMILES string of the molecule is N#Cc1c(O)cnc(C(F)F)c1CO. The van der Waals surface area contributed by atoms with Crippen LogP contribution in [-0.4, -0.2) is 15.2 Å². The average molecular weight is 200 g/mol. The summed E-state index contributed by atoms with van der Waals surface area (Å²) in [5, 5.41) is 26.4. The number of rotatable bonds is 2. The van der Waals surface area contributed by atoms with Gasteiger partial charge in [-0.25, -0.2) is 8.78 Å². The van der Waals surface area contributed by atoms with Gasteiger partial charge in [-0.1, -0.05) is 0 Å². The van der Waals surface area contributed by atoms with Crippen LogP contribution in [0.15, 0.2) is 6.20 Å². The van der Waals surface area contributed by atoms with Crippen molar-refractivity contribution in [3.05, 3.63) is 23.0 Å². The van der Waals surface area contributed by atoms with Crippen molar-refractivity contribution in [2.75, 3.05) is 0 Å². The van der Waals surface area contributed by atoms with E-state index >= 15 is 0 Å². The zero-order valence-corrected chi connectivity index (χ0v) is 6.91. The monoisotopic (exact) mass is 200 g/mol. The van der Waals surface area contributed by atoms with Gasteiger partial charge in [-0.15, -0.1) is 0 Å². The predicted molar refractivity (Wildman–Crippen MR) is 41.5 cm³/mol. The van der Waals surface area contributed by atoms with Gasteiger partial charge in [0.1, 0.15) is 17.3 Å². The zero-order valence-electron chi connectivity index (χ0n) is 6.91. The van der Waals surface area contributed by atoms with Gasteiger partial charge in [0.05, 0.1) is 12.8 Å². The Morgan fingerprint density at radius 3 is 2.64 bits per heavy atom. The van der Waals surface area contributed by atoms with Gasteiger partial charge in [-0.3, -0.25) is 4.98 Å². The van der Waals surface area contributed by atoms with Gasteiger partial charge in [0.2, 0.25) is 0 Å². The van der Waals surface area contributed by atoms with E-state index in [1.54, 1.807) is 0 Å². The Bertz CT molecular complexity index is 388. The normalized spacial score (nSPS) is 10.2. The molecule has 0 saturated carbocycles. The average Bonchev–Trinajstić information content (AvgIpc) is 2.16. The van der Waals surface area contributed by atoms with Crippen molar-refractivity contribution in [3.63, 3.8) is 0 Å². The van der Waals surface area contributed by atoms with Crippen molar-refractivity contribution in [1.29, 1.82) is 5.26 Å². The predicted octanol–water partition coefficient (Wildman–Crippen LogP) is 1.09. The molecule has 1 aromatic rings. The molecule has 14 heavy (non-hydrogen) atoms. The van der Waals surface area contributed by atoms with Crippen LogP contribution in [0.4, 0.5) is 8.78 Å². The Morgan fingerprint density at radius 1 is 1.57 bits per heavy atom. The number of aromatic nitrogens is 1. The summed E-state index contributed by atoms with van der Waals surface area (Å²) in [7, 11) is 0. The number of nitrogens with zero attached hydrogens (tertiary/aromatic N) is 2. The minimum absolute atomic E-state index is 0.331. The molecule has 0 aliphatic rings. The molecule has 0 aliphatic carbocycles. The van der Waals surface area contributed by atoms with Crippen LogP contribution in [0.1, 0.15) is 23.2 Å². The maximum absolute atomic E-state index is 12.3. The Balaban J connectivity index is 3.42. The van der Waals surface area contributed by atoms with E-state index < -0.39 is 24.5 Å². The first-order valence-electron chi connectivity index (χ1n) is 3.61. The molecule has 2 N–H and O–H groups in total. The number of hydrogen-bond donors (Lipinski definition) is 2. The van der Waals surface area contributed by atoms with Crippen molar-refractivity contribution >= 4 is 0 Å². The lowest BCUT2D eigenvalue weighted by Gasteiger charge is -2.07. The van der Waals surface area contributed by atoms with Gasteiger partial charge in [0.25, 0.3) is 6.43 Å². The third-order valence-corrected chi connectivity index (χ3v) is 1.67. The van der Waals surface area contributed by atoms with Crippen molar-refractivity contribution in [2.24, 2.45) is 0 Å². The maximum atomic E-state index is 12.3. The highest BCUT2D eigenvalue weighted by Crippen LogP contribution is 2.27. The number of alkyl halides is 2. The van der Waals surface area contributed by atoms with Gasteiger partial charge in [-0.2, -0.15) is 5.26 Å². The molecule has 6 heteroatoms. The van der Waals surface area contributed by atoms with E-state index in [0.717, 1.165) is 6.20 Å². The van der Waals surface area contributed by atoms with E-state index in [2.05, 4.69) is 4.98 Å². The smallest absolute Gasteiger partial charge is 0.280 e. The molecule has 1 aromatic heterocycles. The summed E-state index contributed by atoms with van der Waals surface area (Å²) in [6, 6.07) is 1.53. The first kappa shape index (κ1) is 10.3. The lowest BCUT2D eigenvalue weighted by atomic mass is 10.1. The van der Waals surface area contributed by atoms with Crippen molar-refractivity contribution in [3.8, 4) is 11.8 Å². The van der Waals surface area contributed by atoms with Crippen LogP contribution in [-0.2, 0) is 6.61 Å². The minimum atomic E-state index is -2.88. The summed E-state index contributed by atoms with van der Waals surface area (Å²) in [5.41, 5.74) is -1.37. The van der Waals surface area contributed by atoms with E-state index in [1.165, 1.54) is 6.07 Å².